The highest BCUT2D eigenvalue weighted by atomic mass is 32.1. The number of hydrogen-bond acceptors (Lipinski definition) is 3. The van der Waals surface area contributed by atoms with E-state index in [4.69, 9.17) is 0 Å². The van der Waals surface area contributed by atoms with Crippen LogP contribution in [0.4, 0.5) is 4.79 Å². The molecular formula is C11H10N2O2S. The molecule has 1 aromatic rings. The molecule has 1 aliphatic rings. The number of imide groups is 1. The molecular weight excluding hydrogens is 224 g/mol. The number of carbonyl (C=O) groups excluding carboxylic acids is 2. The summed E-state index contributed by atoms with van der Waals surface area (Å²) in [5, 5.41) is 6.35. The van der Waals surface area contributed by atoms with E-state index in [-0.39, 0.29) is 12.5 Å². The van der Waals surface area contributed by atoms with Crippen LogP contribution < -0.4 is 5.32 Å². The number of carbonyl (C=O) groups is 2. The van der Waals surface area contributed by atoms with Gasteiger partial charge in [0, 0.05) is 6.54 Å². The first kappa shape index (κ1) is 10.6. The van der Waals surface area contributed by atoms with E-state index in [9.17, 15) is 9.59 Å². The monoisotopic (exact) mass is 234 g/mol. The molecule has 3 amide bonds. The molecule has 0 atom stereocenters. The Hall–Kier alpha value is -1.88. The summed E-state index contributed by atoms with van der Waals surface area (Å²) in [6.45, 7) is 3.73. The van der Waals surface area contributed by atoms with E-state index >= 15 is 0 Å². The molecule has 0 aromatic carbocycles. The number of rotatable bonds is 3. The van der Waals surface area contributed by atoms with E-state index < -0.39 is 6.03 Å². The smallest absolute Gasteiger partial charge is 0.303 e. The normalized spacial score (nSPS) is 18.0. The van der Waals surface area contributed by atoms with Crippen LogP contribution in [0, 0.1) is 0 Å². The molecule has 0 saturated carbocycles. The Labute approximate surface area is 96.9 Å². The van der Waals surface area contributed by atoms with Crippen LogP contribution in [-0.4, -0.2) is 23.4 Å². The first-order valence-electron chi connectivity index (χ1n) is 4.70. The van der Waals surface area contributed by atoms with E-state index in [0.29, 0.717) is 5.70 Å². The van der Waals surface area contributed by atoms with Crippen LogP contribution in [-0.2, 0) is 4.79 Å². The number of thiophene rings is 1. The molecule has 2 heterocycles. The highest BCUT2D eigenvalue weighted by molar-refractivity contribution is 7.08. The lowest BCUT2D eigenvalue weighted by atomic mass is 10.2. The van der Waals surface area contributed by atoms with E-state index in [1.807, 2.05) is 16.8 Å². The first-order chi connectivity index (χ1) is 7.72. The number of urea groups is 1. The van der Waals surface area contributed by atoms with Gasteiger partial charge in [-0.1, -0.05) is 6.08 Å². The molecule has 5 heteroatoms. The summed E-state index contributed by atoms with van der Waals surface area (Å²) in [4.78, 5) is 24.3. The molecule has 1 saturated heterocycles. The number of hydrogen-bond donors (Lipinski definition) is 1. The molecule has 2 rings (SSSR count). The van der Waals surface area contributed by atoms with Crippen LogP contribution in [0.15, 0.2) is 35.2 Å². The lowest BCUT2D eigenvalue weighted by Gasteiger charge is -2.06. The van der Waals surface area contributed by atoms with Gasteiger partial charge in [0.05, 0.1) is 0 Å². The summed E-state index contributed by atoms with van der Waals surface area (Å²) < 4.78 is 0. The second-order valence-corrected chi connectivity index (χ2v) is 4.03. The van der Waals surface area contributed by atoms with Gasteiger partial charge < -0.3 is 5.32 Å². The van der Waals surface area contributed by atoms with Crippen molar-refractivity contribution in [2.45, 2.75) is 0 Å². The fraction of sp³-hybridized carbons (Fsp3) is 0.0909. The number of nitrogens with one attached hydrogen (secondary N) is 1. The Morgan fingerprint density at radius 1 is 1.50 bits per heavy atom. The summed E-state index contributed by atoms with van der Waals surface area (Å²) in [7, 11) is 0. The number of nitrogens with zero attached hydrogens (tertiary/aromatic N) is 1. The maximum Gasteiger partial charge on any atom is 0.329 e. The van der Waals surface area contributed by atoms with Crippen LogP contribution in [0.5, 0.6) is 0 Å². The summed E-state index contributed by atoms with van der Waals surface area (Å²) >= 11 is 1.54. The van der Waals surface area contributed by atoms with Gasteiger partial charge in [-0.15, -0.1) is 6.58 Å². The molecule has 0 unspecified atom stereocenters. The van der Waals surface area contributed by atoms with Gasteiger partial charge in [-0.25, -0.2) is 4.79 Å². The van der Waals surface area contributed by atoms with Gasteiger partial charge in [0.15, 0.2) is 0 Å². The van der Waals surface area contributed by atoms with Crippen LogP contribution in [0.1, 0.15) is 5.56 Å². The van der Waals surface area contributed by atoms with Gasteiger partial charge in [0.25, 0.3) is 5.91 Å². The maximum atomic E-state index is 11.8. The highest BCUT2D eigenvalue weighted by Crippen LogP contribution is 2.15. The predicted molar refractivity (Wildman–Crippen MR) is 62.7 cm³/mol. The van der Waals surface area contributed by atoms with Crippen molar-refractivity contribution < 1.29 is 9.59 Å². The van der Waals surface area contributed by atoms with Crippen molar-refractivity contribution in [2.75, 3.05) is 6.54 Å². The molecule has 0 radical (unpaired) electrons. The molecule has 0 aliphatic carbocycles. The zero-order valence-corrected chi connectivity index (χ0v) is 9.29. The zero-order chi connectivity index (χ0) is 11.5. The quantitative estimate of drug-likeness (QED) is 0.493. The van der Waals surface area contributed by atoms with Crippen LogP contribution in [0.2, 0.25) is 0 Å². The molecule has 0 bridgehead atoms. The van der Waals surface area contributed by atoms with E-state index in [0.717, 1.165) is 10.5 Å². The lowest BCUT2D eigenvalue weighted by Crippen LogP contribution is -2.30. The van der Waals surface area contributed by atoms with Crippen molar-refractivity contribution in [3.05, 3.63) is 40.7 Å². The molecule has 1 aliphatic heterocycles. The zero-order valence-electron chi connectivity index (χ0n) is 8.47. The molecule has 1 fully saturated rings. The third-order valence-electron chi connectivity index (χ3n) is 2.13. The van der Waals surface area contributed by atoms with Gasteiger partial charge >= 0.3 is 6.03 Å². The van der Waals surface area contributed by atoms with Crippen molar-refractivity contribution in [2.24, 2.45) is 0 Å². The van der Waals surface area contributed by atoms with Crippen molar-refractivity contribution in [1.29, 1.82) is 0 Å². The summed E-state index contributed by atoms with van der Waals surface area (Å²) in [5.74, 6) is -0.309. The van der Waals surface area contributed by atoms with Gasteiger partial charge in [-0.05, 0) is 28.5 Å². The average molecular weight is 234 g/mol. The van der Waals surface area contributed by atoms with Gasteiger partial charge in [-0.3, -0.25) is 9.69 Å². The SMILES string of the molecule is C=CCN1C(=O)N/C(=C/c2ccsc2)C1=O. The first-order valence-corrected chi connectivity index (χ1v) is 5.64. The minimum atomic E-state index is -0.397. The van der Waals surface area contributed by atoms with Crippen LogP contribution in [0.25, 0.3) is 6.08 Å². The predicted octanol–water partition coefficient (Wildman–Crippen LogP) is 1.83. The maximum absolute atomic E-state index is 11.8. The number of amides is 3. The van der Waals surface area contributed by atoms with Crippen molar-refractivity contribution in [3.8, 4) is 0 Å². The highest BCUT2D eigenvalue weighted by Gasteiger charge is 2.32. The standard InChI is InChI=1S/C11H10N2O2S/c1-2-4-13-10(14)9(12-11(13)15)6-8-3-5-16-7-8/h2-3,5-7H,1,4H2,(H,12,15)/b9-6+. The van der Waals surface area contributed by atoms with E-state index in [2.05, 4.69) is 11.9 Å². The van der Waals surface area contributed by atoms with E-state index in [1.54, 1.807) is 6.08 Å². The summed E-state index contributed by atoms with van der Waals surface area (Å²) in [6.07, 6.45) is 3.19. The minimum Gasteiger partial charge on any atom is -0.303 e. The molecule has 82 valence electrons. The third-order valence-corrected chi connectivity index (χ3v) is 2.83. The second kappa shape index (κ2) is 4.32. The lowest BCUT2D eigenvalue weighted by molar-refractivity contribution is -0.122. The van der Waals surface area contributed by atoms with Crippen LogP contribution >= 0.6 is 11.3 Å². The Kier molecular flexibility index (Phi) is 2.87. The molecule has 4 nitrogen and oxygen atoms in total. The van der Waals surface area contributed by atoms with Gasteiger partial charge in [0.1, 0.15) is 5.70 Å². The van der Waals surface area contributed by atoms with Crippen molar-refractivity contribution >= 4 is 29.4 Å². The van der Waals surface area contributed by atoms with E-state index in [1.165, 1.54) is 17.4 Å². The van der Waals surface area contributed by atoms with Crippen molar-refractivity contribution in [3.63, 3.8) is 0 Å². The Morgan fingerprint density at radius 2 is 2.31 bits per heavy atom. The molecule has 0 spiro atoms. The topological polar surface area (TPSA) is 49.4 Å². The molecule has 1 N–H and O–H groups in total. The molecule has 1 aromatic heterocycles. The third kappa shape index (κ3) is 1.90. The molecule has 16 heavy (non-hydrogen) atoms. The summed E-state index contributed by atoms with van der Waals surface area (Å²) in [6, 6.07) is 1.49. The van der Waals surface area contributed by atoms with Crippen LogP contribution in [0.3, 0.4) is 0 Å². The Morgan fingerprint density at radius 3 is 2.94 bits per heavy atom. The average Bonchev–Trinajstić information content (AvgIpc) is 2.84. The fourth-order valence-electron chi connectivity index (χ4n) is 1.39. The van der Waals surface area contributed by atoms with Crippen molar-refractivity contribution in [1.82, 2.24) is 10.2 Å². The Bertz CT molecular complexity index is 462. The van der Waals surface area contributed by atoms with Gasteiger partial charge in [0.2, 0.25) is 0 Å². The fourth-order valence-corrected chi connectivity index (χ4v) is 2.01. The largest absolute Gasteiger partial charge is 0.329 e. The Balaban J connectivity index is 2.23. The second-order valence-electron chi connectivity index (χ2n) is 3.25. The summed E-state index contributed by atoms with van der Waals surface area (Å²) in [5.41, 5.74) is 1.22. The minimum absolute atomic E-state index is 0.228. The van der Waals surface area contributed by atoms with Gasteiger partial charge in [-0.2, -0.15) is 11.3 Å².